The minimum absolute atomic E-state index is 0.0993. The van der Waals surface area contributed by atoms with Crippen LogP contribution in [0.2, 0.25) is 0 Å². The predicted octanol–water partition coefficient (Wildman–Crippen LogP) is 2.37. The molecule has 0 spiro atoms. The summed E-state index contributed by atoms with van der Waals surface area (Å²) in [6.45, 7) is 2.65. The monoisotopic (exact) mass is 277 g/mol. The number of hydrogen-bond donors (Lipinski definition) is 1. The van der Waals surface area contributed by atoms with Gasteiger partial charge in [-0.1, -0.05) is 6.07 Å². The van der Waals surface area contributed by atoms with E-state index < -0.39 is 4.92 Å². The molecule has 7 heteroatoms. The molecule has 0 unspecified atom stereocenters. The molecular formula is C13H15N3O4. The first-order valence-corrected chi connectivity index (χ1v) is 6.17. The number of aromatic nitrogens is 1. The molecule has 0 aliphatic rings. The molecule has 2 aromatic rings. The summed E-state index contributed by atoms with van der Waals surface area (Å²) in [5.41, 5.74) is 1.09. The second-order valence-electron chi connectivity index (χ2n) is 4.02. The van der Waals surface area contributed by atoms with Gasteiger partial charge in [-0.25, -0.2) is 4.98 Å². The van der Waals surface area contributed by atoms with E-state index in [4.69, 9.17) is 9.15 Å². The lowest BCUT2D eigenvalue weighted by Crippen LogP contribution is -2.05. The smallest absolute Gasteiger partial charge is 0.311 e. The molecule has 0 fully saturated rings. The molecule has 0 radical (unpaired) electrons. The van der Waals surface area contributed by atoms with Crippen molar-refractivity contribution in [3.8, 4) is 17.2 Å². The second kappa shape index (κ2) is 6.16. The minimum Gasteiger partial charge on any atom is -0.487 e. The van der Waals surface area contributed by atoms with Crippen molar-refractivity contribution in [3.63, 3.8) is 0 Å². The summed E-state index contributed by atoms with van der Waals surface area (Å²) in [5, 5.41) is 14.0. The van der Waals surface area contributed by atoms with Crippen LogP contribution < -0.4 is 10.1 Å². The Bertz CT molecular complexity index is 609. The van der Waals surface area contributed by atoms with Gasteiger partial charge in [0, 0.05) is 12.6 Å². The van der Waals surface area contributed by atoms with Crippen LogP contribution in [0.15, 0.2) is 28.9 Å². The number of hydrogen-bond acceptors (Lipinski definition) is 6. The molecule has 0 atom stereocenters. The van der Waals surface area contributed by atoms with Crippen LogP contribution >= 0.6 is 0 Å². The van der Waals surface area contributed by atoms with Crippen molar-refractivity contribution < 1.29 is 14.1 Å². The van der Waals surface area contributed by atoms with Gasteiger partial charge in [-0.2, -0.15) is 0 Å². The van der Waals surface area contributed by atoms with Crippen LogP contribution in [0.4, 0.5) is 5.69 Å². The number of benzene rings is 1. The topological polar surface area (TPSA) is 90.4 Å². The Morgan fingerprint density at radius 2 is 2.30 bits per heavy atom. The molecule has 0 aliphatic heterocycles. The van der Waals surface area contributed by atoms with E-state index in [0.29, 0.717) is 24.6 Å². The van der Waals surface area contributed by atoms with E-state index in [1.165, 1.54) is 12.3 Å². The molecule has 0 saturated heterocycles. The first-order valence-electron chi connectivity index (χ1n) is 6.17. The van der Waals surface area contributed by atoms with Crippen LogP contribution in [0.25, 0.3) is 11.5 Å². The quantitative estimate of drug-likeness (QED) is 0.644. The fraction of sp³-hybridized carbons (Fsp3) is 0.308. The zero-order chi connectivity index (χ0) is 14.5. The van der Waals surface area contributed by atoms with E-state index in [0.717, 1.165) is 5.69 Å². The van der Waals surface area contributed by atoms with E-state index in [-0.39, 0.29) is 11.4 Å². The Labute approximate surface area is 115 Å². The third-order valence-electron chi connectivity index (χ3n) is 2.62. The average Bonchev–Trinajstić information content (AvgIpc) is 2.88. The van der Waals surface area contributed by atoms with Gasteiger partial charge in [0.1, 0.15) is 6.26 Å². The maximum Gasteiger partial charge on any atom is 0.311 e. The second-order valence-corrected chi connectivity index (χ2v) is 4.02. The zero-order valence-corrected chi connectivity index (χ0v) is 11.3. The SMILES string of the molecule is CCOc1c(-c2nc(CNC)co2)cccc1[N+](=O)[O-]. The number of para-hydroxylation sites is 1. The van der Waals surface area contributed by atoms with E-state index in [2.05, 4.69) is 10.3 Å². The van der Waals surface area contributed by atoms with Gasteiger partial charge in [0.15, 0.2) is 0 Å². The Morgan fingerprint density at radius 1 is 1.50 bits per heavy atom. The highest BCUT2D eigenvalue weighted by Crippen LogP contribution is 2.37. The van der Waals surface area contributed by atoms with Gasteiger partial charge < -0.3 is 14.5 Å². The molecule has 106 valence electrons. The van der Waals surface area contributed by atoms with Gasteiger partial charge in [-0.15, -0.1) is 0 Å². The summed E-state index contributed by atoms with van der Waals surface area (Å²) in [4.78, 5) is 14.9. The fourth-order valence-electron chi connectivity index (χ4n) is 1.83. The lowest BCUT2D eigenvalue weighted by Gasteiger charge is -2.07. The Hall–Kier alpha value is -2.41. The molecule has 0 aliphatic carbocycles. The lowest BCUT2D eigenvalue weighted by molar-refractivity contribution is -0.385. The van der Waals surface area contributed by atoms with Crippen molar-refractivity contribution in [3.05, 3.63) is 40.3 Å². The van der Waals surface area contributed by atoms with Crippen LogP contribution in [0.3, 0.4) is 0 Å². The van der Waals surface area contributed by atoms with Crippen LogP contribution in [-0.4, -0.2) is 23.6 Å². The van der Waals surface area contributed by atoms with Crippen molar-refractivity contribution in [2.45, 2.75) is 13.5 Å². The van der Waals surface area contributed by atoms with Crippen LogP contribution in [0.1, 0.15) is 12.6 Å². The summed E-state index contributed by atoms with van der Waals surface area (Å²) in [6.07, 6.45) is 1.51. The van der Waals surface area contributed by atoms with E-state index in [1.807, 2.05) is 0 Å². The number of nitrogens with one attached hydrogen (secondary N) is 1. The fourth-order valence-corrected chi connectivity index (χ4v) is 1.83. The Morgan fingerprint density at radius 3 is 2.95 bits per heavy atom. The molecule has 1 aromatic heterocycles. The van der Waals surface area contributed by atoms with Crippen molar-refractivity contribution in [1.29, 1.82) is 0 Å². The van der Waals surface area contributed by atoms with E-state index in [1.54, 1.807) is 26.1 Å². The predicted molar refractivity (Wildman–Crippen MR) is 72.5 cm³/mol. The third-order valence-corrected chi connectivity index (χ3v) is 2.62. The highest BCUT2D eigenvalue weighted by Gasteiger charge is 2.22. The third kappa shape index (κ3) is 2.77. The van der Waals surface area contributed by atoms with Crippen molar-refractivity contribution in [2.24, 2.45) is 0 Å². The lowest BCUT2D eigenvalue weighted by atomic mass is 10.1. The molecular weight excluding hydrogens is 262 g/mol. The maximum absolute atomic E-state index is 11.1. The number of rotatable bonds is 6. The van der Waals surface area contributed by atoms with Gasteiger partial charge >= 0.3 is 5.69 Å². The van der Waals surface area contributed by atoms with Crippen LogP contribution in [-0.2, 0) is 6.54 Å². The highest BCUT2D eigenvalue weighted by molar-refractivity contribution is 5.70. The summed E-state index contributed by atoms with van der Waals surface area (Å²) in [5.74, 6) is 0.486. The summed E-state index contributed by atoms with van der Waals surface area (Å²) < 4.78 is 10.8. The van der Waals surface area contributed by atoms with Crippen LogP contribution in [0, 0.1) is 10.1 Å². The number of ether oxygens (including phenoxy) is 1. The molecule has 0 amide bonds. The van der Waals surface area contributed by atoms with Gasteiger partial charge in [-0.3, -0.25) is 10.1 Å². The van der Waals surface area contributed by atoms with Gasteiger partial charge in [0.05, 0.1) is 22.8 Å². The molecule has 1 N–H and O–H groups in total. The Kier molecular flexibility index (Phi) is 4.31. The van der Waals surface area contributed by atoms with Crippen molar-refractivity contribution in [1.82, 2.24) is 10.3 Å². The average molecular weight is 277 g/mol. The van der Waals surface area contributed by atoms with Gasteiger partial charge in [0.2, 0.25) is 11.6 Å². The van der Waals surface area contributed by atoms with E-state index in [9.17, 15) is 10.1 Å². The summed E-state index contributed by atoms with van der Waals surface area (Å²) in [6, 6.07) is 4.66. The minimum atomic E-state index is -0.480. The van der Waals surface area contributed by atoms with Crippen molar-refractivity contribution >= 4 is 5.69 Å². The molecule has 0 bridgehead atoms. The first kappa shape index (κ1) is 14.0. The number of oxazole rings is 1. The Balaban J connectivity index is 2.48. The molecule has 0 saturated carbocycles. The molecule has 7 nitrogen and oxygen atoms in total. The van der Waals surface area contributed by atoms with Crippen LogP contribution in [0.5, 0.6) is 5.75 Å². The standard InChI is InChI=1S/C13H15N3O4/c1-3-19-12-10(5-4-6-11(12)16(17)18)13-15-9(7-14-2)8-20-13/h4-6,8,14H,3,7H2,1-2H3. The zero-order valence-electron chi connectivity index (χ0n) is 11.3. The summed E-state index contributed by atoms with van der Waals surface area (Å²) in [7, 11) is 1.80. The van der Waals surface area contributed by atoms with Crippen molar-refractivity contribution in [2.75, 3.05) is 13.7 Å². The molecule has 20 heavy (non-hydrogen) atoms. The highest BCUT2D eigenvalue weighted by atomic mass is 16.6. The number of nitro groups is 1. The largest absolute Gasteiger partial charge is 0.487 e. The first-order chi connectivity index (χ1) is 9.67. The molecule has 2 rings (SSSR count). The summed E-state index contributed by atoms with van der Waals surface area (Å²) >= 11 is 0. The molecule has 1 aromatic carbocycles. The molecule has 1 heterocycles. The normalized spacial score (nSPS) is 10.5. The van der Waals surface area contributed by atoms with Gasteiger partial charge in [-0.05, 0) is 20.0 Å². The van der Waals surface area contributed by atoms with Gasteiger partial charge in [0.25, 0.3) is 0 Å². The number of nitro benzene ring substituents is 1. The maximum atomic E-state index is 11.1. The van der Waals surface area contributed by atoms with E-state index >= 15 is 0 Å². The number of nitrogens with zero attached hydrogens (tertiary/aromatic N) is 2.